The molecule has 1 N–H and O–H groups in total. The summed E-state index contributed by atoms with van der Waals surface area (Å²) in [6.07, 6.45) is -9.13. The quantitative estimate of drug-likeness (QED) is 0.648. The molecule has 0 aliphatic rings. The molecule has 6 heteroatoms. The zero-order valence-electron chi connectivity index (χ0n) is 5.68. The average Bonchev–Trinajstić information content (AvgIpc) is 1.79. The van der Waals surface area contributed by atoms with Gasteiger partial charge in [-0.05, 0) is 6.42 Å². The maximum atomic E-state index is 11.7. The molecule has 0 amide bonds. The van der Waals surface area contributed by atoms with E-state index in [1.54, 1.807) is 0 Å². The van der Waals surface area contributed by atoms with Crippen molar-refractivity contribution in [1.82, 2.24) is 0 Å². The molecule has 0 aromatic carbocycles. The van der Waals surface area contributed by atoms with E-state index in [4.69, 9.17) is 5.11 Å². The molecule has 3 nitrogen and oxygen atoms in total. The largest absolute Gasteiger partial charge is 0.506 e. The maximum Gasteiger partial charge on any atom is 0.506 e. The molecule has 0 aromatic rings. The summed E-state index contributed by atoms with van der Waals surface area (Å²) in [6, 6.07) is 0. The Balaban J connectivity index is 4.07. The van der Waals surface area contributed by atoms with Crippen LogP contribution in [0.1, 0.15) is 13.3 Å². The Kier molecular flexibility index (Phi) is 3.16. The van der Waals surface area contributed by atoms with Gasteiger partial charge in [-0.2, -0.15) is 13.2 Å². The minimum atomic E-state index is -4.60. The molecule has 11 heavy (non-hydrogen) atoms. The van der Waals surface area contributed by atoms with Crippen molar-refractivity contribution in [2.45, 2.75) is 25.6 Å². The Labute approximate surface area is 60.8 Å². The lowest BCUT2D eigenvalue weighted by atomic mass is 10.3. The number of halogens is 3. The first-order valence-corrected chi connectivity index (χ1v) is 2.84. The fourth-order valence-electron chi connectivity index (χ4n) is 0.503. The molecule has 0 bridgehead atoms. The summed E-state index contributed by atoms with van der Waals surface area (Å²) in [6.45, 7) is 1.20. The summed E-state index contributed by atoms with van der Waals surface area (Å²) < 4.78 is 38.6. The van der Waals surface area contributed by atoms with Crippen molar-refractivity contribution >= 4 is 6.16 Å². The highest BCUT2D eigenvalue weighted by Gasteiger charge is 2.41. The molecule has 0 aliphatic carbocycles. The summed E-state index contributed by atoms with van der Waals surface area (Å²) in [4.78, 5) is 9.69. The highest BCUT2D eigenvalue weighted by molar-refractivity contribution is 5.57. The van der Waals surface area contributed by atoms with Gasteiger partial charge in [0, 0.05) is 0 Å². The Morgan fingerprint density at radius 1 is 1.64 bits per heavy atom. The van der Waals surface area contributed by atoms with E-state index in [0.29, 0.717) is 0 Å². The number of hydrogen-bond donors (Lipinski definition) is 1. The lowest BCUT2D eigenvalue weighted by molar-refractivity contribution is -0.207. The summed E-state index contributed by atoms with van der Waals surface area (Å²) >= 11 is 0. The first-order chi connectivity index (χ1) is 4.88. The van der Waals surface area contributed by atoms with Gasteiger partial charge in [-0.1, -0.05) is 6.92 Å². The normalized spacial score (nSPS) is 14.2. The van der Waals surface area contributed by atoms with E-state index in [2.05, 4.69) is 4.74 Å². The summed E-state index contributed by atoms with van der Waals surface area (Å²) in [5.74, 6) is 0. The van der Waals surface area contributed by atoms with Crippen molar-refractivity contribution in [3.8, 4) is 0 Å². The predicted molar refractivity (Wildman–Crippen MR) is 29.2 cm³/mol. The van der Waals surface area contributed by atoms with Crippen LogP contribution in [-0.2, 0) is 4.74 Å². The number of ether oxygens (including phenoxy) is 1. The molecule has 66 valence electrons. The predicted octanol–water partition coefficient (Wildman–Crippen LogP) is 2.02. The summed E-state index contributed by atoms with van der Waals surface area (Å²) in [5, 5.41) is 7.86. The van der Waals surface area contributed by atoms with E-state index in [-0.39, 0.29) is 0 Å². The van der Waals surface area contributed by atoms with Crippen molar-refractivity contribution in [1.29, 1.82) is 0 Å². The number of carbonyl (C=O) groups is 1. The lowest BCUT2D eigenvalue weighted by Crippen LogP contribution is -2.32. The first-order valence-electron chi connectivity index (χ1n) is 2.84. The van der Waals surface area contributed by atoms with Crippen molar-refractivity contribution in [2.75, 3.05) is 0 Å². The van der Waals surface area contributed by atoms with Crippen LogP contribution in [-0.4, -0.2) is 23.5 Å². The number of alkyl halides is 3. The second-order valence-corrected chi connectivity index (χ2v) is 1.82. The number of hydrogen-bond acceptors (Lipinski definition) is 2. The zero-order valence-corrected chi connectivity index (χ0v) is 5.68. The van der Waals surface area contributed by atoms with E-state index in [0.717, 1.165) is 0 Å². The van der Waals surface area contributed by atoms with Crippen LogP contribution in [0.2, 0.25) is 0 Å². The monoisotopic (exact) mass is 172 g/mol. The molecule has 0 heterocycles. The SMILES string of the molecule is CCC(OC(=O)O)C(F)(F)F. The zero-order chi connectivity index (χ0) is 9.07. The summed E-state index contributed by atoms with van der Waals surface area (Å²) in [5.41, 5.74) is 0. The van der Waals surface area contributed by atoms with Crippen LogP contribution < -0.4 is 0 Å². The first kappa shape index (κ1) is 10.1. The van der Waals surface area contributed by atoms with Crippen LogP contribution in [0.15, 0.2) is 0 Å². The maximum absolute atomic E-state index is 11.7. The van der Waals surface area contributed by atoms with Gasteiger partial charge in [0.25, 0.3) is 0 Å². The number of carboxylic acid groups (broad SMARTS) is 1. The third-order valence-electron chi connectivity index (χ3n) is 0.979. The molecule has 0 rings (SSSR count). The average molecular weight is 172 g/mol. The van der Waals surface area contributed by atoms with Crippen LogP contribution in [0.5, 0.6) is 0 Å². The molecule has 1 unspecified atom stereocenters. The molecular formula is C5H7F3O3. The van der Waals surface area contributed by atoms with Gasteiger partial charge < -0.3 is 9.84 Å². The van der Waals surface area contributed by atoms with Gasteiger partial charge in [0.1, 0.15) is 0 Å². The molecular weight excluding hydrogens is 165 g/mol. The second kappa shape index (κ2) is 3.45. The van der Waals surface area contributed by atoms with Crippen molar-refractivity contribution in [2.24, 2.45) is 0 Å². The standard InChI is InChI=1S/C5H7F3O3/c1-2-3(5(6,7)8)11-4(9)10/h3H,2H2,1H3,(H,9,10). The topological polar surface area (TPSA) is 46.5 Å². The van der Waals surface area contributed by atoms with Crippen LogP contribution in [0.4, 0.5) is 18.0 Å². The van der Waals surface area contributed by atoms with E-state index in [9.17, 15) is 18.0 Å². The van der Waals surface area contributed by atoms with Gasteiger partial charge >= 0.3 is 12.3 Å². The van der Waals surface area contributed by atoms with E-state index in [1.807, 2.05) is 0 Å². The van der Waals surface area contributed by atoms with E-state index in [1.165, 1.54) is 6.92 Å². The highest BCUT2D eigenvalue weighted by Crippen LogP contribution is 2.24. The van der Waals surface area contributed by atoms with Crippen LogP contribution >= 0.6 is 0 Å². The van der Waals surface area contributed by atoms with Crippen LogP contribution in [0, 0.1) is 0 Å². The Hall–Kier alpha value is -0.940. The van der Waals surface area contributed by atoms with Crippen LogP contribution in [0.25, 0.3) is 0 Å². The Bertz CT molecular complexity index is 142. The fraction of sp³-hybridized carbons (Fsp3) is 0.800. The molecule has 0 fully saturated rings. The molecule has 0 aliphatic heterocycles. The van der Waals surface area contributed by atoms with Gasteiger partial charge in [0.15, 0.2) is 0 Å². The third kappa shape index (κ3) is 3.69. The highest BCUT2D eigenvalue weighted by atomic mass is 19.4. The van der Waals surface area contributed by atoms with Gasteiger partial charge in [-0.15, -0.1) is 0 Å². The fourth-order valence-corrected chi connectivity index (χ4v) is 0.503. The van der Waals surface area contributed by atoms with Gasteiger partial charge in [0.05, 0.1) is 0 Å². The second-order valence-electron chi connectivity index (χ2n) is 1.82. The summed E-state index contributed by atoms with van der Waals surface area (Å²) in [7, 11) is 0. The van der Waals surface area contributed by atoms with E-state index >= 15 is 0 Å². The smallest absolute Gasteiger partial charge is 0.450 e. The van der Waals surface area contributed by atoms with E-state index < -0.39 is 24.9 Å². The molecule has 0 radical (unpaired) electrons. The minimum Gasteiger partial charge on any atom is -0.450 e. The van der Waals surface area contributed by atoms with Crippen molar-refractivity contribution < 1.29 is 27.8 Å². The number of rotatable bonds is 2. The Morgan fingerprint density at radius 3 is 2.18 bits per heavy atom. The van der Waals surface area contributed by atoms with Gasteiger partial charge in [-0.3, -0.25) is 0 Å². The minimum absolute atomic E-state index is 0.407. The third-order valence-corrected chi connectivity index (χ3v) is 0.979. The molecule has 0 saturated carbocycles. The van der Waals surface area contributed by atoms with Crippen molar-refractivity contribution in [3.63, 3.8) is 0 Å². The molecule has 0 spiro atoms. The Morgan fingerprint density at radius 2 is 2.09 bits per heavy atom. The molecule has 0 aromatic heterocycles. The molecule has 1 atom stereocenters. The van der Waals surface area contributed by atoms with Gasteiger partial charge in [0.2, 0.25) is 6.10 Å². The lowest BCUT2D eigenvalue weighted by Gasteiger charge is -2.16. The molecule has 0 saturated heterocycles. The van der Waals surface area contributed by atoms with Crippen LogP contribution in [0.3, 0.4) is 0 Å². The van der Waals surface area contributed by atoms with Crippen molar-refractivity contribution in [3.05, 3.63) is 0 Å². The van der Waals surface area contributed by atoms with Gasteiger partial charge in [-0.25, -0.2) is 4.79 Å².